The van der Waals surface area contributed by atoms with Crippen molar-refractivity contribution in [1.29, 1.82) is 0 Å². The Morgan fingerprint density at radius 3 is 2.00 bits per heavy atom. The number of ether oxygens (including phenoxy) is 1. The van der Waals surface area contributed by atoms with Crippen LogP contribution in [0.25, 0.3) is 0 Å². The number of carbonyl (C=O) groups excluding carboxylic acids is 1. The van der Waals surface area contributed by atoms with E-state index in [9.17, 15) is 4.79 Å². The minimum Gasteiger partial charge on any atom is -0.462 e. The summed E-state index contributed by atoms with van der Waals surface area (Å²) in [5.41, 5.74) is 0.495. The fraction of sp³-hybridized carbons (Fsp3) is 0.850. The summed E-state index contributed by atoms with van der Waals surface area (Å²) in [5.74, 6) is 0.463. The summed E-state index contributed by atoms with van der Waals surface area (Å²) in [7, 11) is 0. The Kier molecular flexibility index (Phi) is 14.6. The van der Waals surface area contributed by atoms with Crippen molar-refractivity contribution >= 4 is 5.97 Å². The van der Waals surface area contributed by atoms with Gasteiger partial charge in [-0.2, -0.15) is 0 Å². The summed E-state index contributed by atoms with van der Waals surface area (Å²) in [6, 6.07) is 0. The maximum absolute atomic E-state index is 11.4. The zero-order chi connectivity index (χ0) is 16.6. The number of unbranched alkanes of at least 4 members (excludes halogenated alkanes) is 7. The summed E-state index contributed by atoms with van der Waals surface area (Å²) >= 11 is 0. The third-order valence-corrected chi connectivity index (χ3v) is 4.27. The van der Waals surface area contributed by atoms with Crippen LogP contribution in [0.4, 0.5) is 0 Å². The smallest absolute Gasteiger partial charge is 0.333 e. The molecule has 22 heavy (non-hydrogen) atoms. The fourth-order valence-corrected chi connectivity index (χ4v) is 2.85. The molecule has 0 amide bonds. The zero-order valence-corrected chi connectivity index (χ0v) is 15.3. The van der Waals surface area contributed by atoms with Crippen molar-refractivity contribution in [1.82, 2.24) is 0 Å². The Morgan fingerprint density at radius 2 is 1.45 bits per heavy atom. The van der Waals surface area contributed by atoms with Gasteiger partial charge in [0.25, 0.3) is 0 Å². The Labute approximate surface area is 138 Å². The lowest BCUT2D eigenvalue weighted by Crippen LogP contribution is -2.10. The maximum Gasteiger partial charge on any atom is 0.333 e. The van der Waals surface area contributed by atoms with Crippen LogP contribution in [-0.2, 0) is 9.53 Å². The van der Waals surface area contributed by atoms with Crippen LogP contribution >= 0.6 is 0 Å². The van der Waals surface area contributed by atoms with E-state index in [1.165, 1.54) is 70.6 Å². The minimum atomic E-state index is -0.248. The molecule has 0 aromatic rings. The van der Waals surface area contributed by atoms with E-state index in [4.69, 9.17) is 4.74 Å². The van der Waals surface area contributed by atoms with Gasteiger partial charge in [0.1, 0.15) is 0 Å². The van der Waals surface area contributed by atoms with Gasteiger partial charge in [0.15, 0.2) is 0 Å². The number of hydrogen-bond donors (Lipinski definition) is 0. The molecule has 1 atom stereocenters. The first-order chi connectivity index (χ1) is 10.6. The Hall–Kier alpha value is -0.790. The lowest BCUT2D eigenvalue weighted by atomic mass is 9.93. The van der Waals surface area contributed by atoms with Gasteiger partial charge in [-0.3, -0.25) is 0 Å². The van der Waals surface area contributed by atoms with Gasteiger partial charge in [0, 0.05) is 5.57 Å². The van der Waals surface area contributed by atoms with E-state index in [1.807, 2.05) is 0 Å². The third-order valence-electron chi connectivity index (χ3n) is 4.27. The molecular formula is C20H38O2. The highest BCUT2D eigenvalue weighted by molar-refractivity contribution is 5.86. The van der Waals surface area contributed by atoms with Gasteiger partial charge in [0.2, 0.25) is 0 Å². The van der Waals surface area contributed by atoms with Crippen LogP contribution in [-0.4, -0.2) is 12.6 Å². The van der Waals surface area contributed by atoms with E-state index < -0.39 is 0 Å². The van der Waals surface area contributed by atoms with Crippen LogP contribution in [0.2, 0.25) is 0 Å². The normalized spacial score (nSPS) is 12.1. The minimum absolute atomic E-state index is 0.248. The van der Waals surface area contributed by atoms with Gasteiger partial charge in [-0.15, -0.1) is 0 Å². The molecule has 0 aromatic carbocycles. The largest absolute Gasteiger partial charge is 0.462 e. The molecule has 0 saturated carbocycles. The van der Waals surface area contributed by atoms with Gasteiger partial charge < -0.3 is 4.74 Å². The number of rotatable bonds is 15. The quantitative estimate of drug-likeness (QED) is 0.197. The van der Waals surface area contributed by atoms with E-state index in [0.717, 1.165) is 6.42 Å². The summed E-state index contributed by atoms with van der Waals surface area (Å²) < 4.78 is 5.22. The van der Waals surface area contributed by atoms with Crippen molar-refractivity contribution in [3.05, 3.63) is 12.2 Å². The summed E-state index contributed by atoms with van der Waals surface area (Å²) in [6.45, 7) is 10.4. The van der Waals surface area contributed by atoms with E-state index in [-0.39, 0.29) is 5.97 Å². The number of esters is 1. The first kappa shape index (κ1) is 21.2. The van der Waals surface area contributed by atoms with E-state index in [2.05, 4.69) is 20.4 Å². The maximum atomic E-state index is 11.4. The van der Waals surface area contributed by atoms with Gasteiger partial charge in [0.05, 0.1) is 6.61 Å². The number of hydrogen-bond acceptors (Lipinski definition) is 2. The van der Waals surface area contributed by atoms with Crippen LogP contribution in [0, 0.1) is 5.92 Å². The SMILES string of the molecule is C=C(C)C(=O)OCCC(CCC)CCCCCCCCCC. The first-order valence-corrected chi connectivity index (χ1v) is 9.44. The molecule has 0 saturated heterocycles. The predicted molar refractivity (Wildman–Crippen MR) is 96.0 cm³/mol. The average molecular weight is 311 g/mol. The van der Waals surface area contributed by atoms with Crippen LogP contribution in [0.15, 0.2) is 12.2 Å². The van der Waals surface area contributed by atoms with Crippen molar-refractivity contribution in [2.24, 2.45) is 5.92 Å². The Morgan fingerprint density at radius 1 is 0.864 bits per heavy atom. The molecular weight excluding hydrogens is 272 g/mol. The Bertz CT molecular complexity index is 283. The molecule has 0 rings (SSSR count). The molecule has 0 aromatic heterocycles. The van der Waals surface area contributed by atoms with Gasteiger partial charge >= 0.3 is 5.97 Å². The van der Waals surface area contributed by atoms with Crippen molar-refractivity contribution in [2.75, 3.05) is 6.61 Å². The molecule has 0 N–H and O–H groups in total. The van der Waals surface area contributed by atoms with Crippen molar-refractivity contribution in [2.45, 2.75) is 97.8 Å². The molecule has 0 spiro atoms. The second-order valence-corrected chi connectivity index (χ2v) is 6.62. The lowest BCUT2D eigenvalue weighted by molar-refractivity contribution is -0.139. The van der Waals surface area contributed by atoms with E-state index in [0.29, 0.717) is 18.1 Å². The Balaban J connectivity index is 3.63. The highest BCUT2D eigenvalue weighted by Crippen LogP contribution is 2.20. The number of carbonyl (C=O) groups is 1. The fourth-order valence-electron chi connectivity index (χ4n) is 2.85. The molecule has 0 fully saturated rings. The lowest BCUT2D eigenvalue weighted by Gasteiger charge is -2.16. The summed E-state index contributed by atoms with van der Waals surface area (Å²) in [6.07, 6.45) is 15.8. The highest BCUT2D eigenvalue weighted by atomic mass is 16.5. The van der Waals surface area contributed by atoms with Gasteiger partial charge in [-0.05, 0) is 19.3 Å². The summed E-state index contributed by atoms with van der Waals surface area (Å²) in [4.78, 5) is 11.4. The molecule has 0 radical (unpaired) electrons. The molecule has 0 aliphatic rings. The van der Waals surface area contributed by atoms with Crippen LogP contribution in [0.5, 0.6) is 0 Å². The monoisotopic (exact) mass is 310 g/mol. The molecule has 1 unspecified atom stereocenters. The summed E-state index contributed by atoms with van der Waals surface area (Å²) in [5, 5.41) is 0. The van der Waals surface area contributed by atoms with Crippen LogP contribution < -0.4 is 0 Å². The first-order valence-electron chi connectivity index (χ1n) is 9.44. The standard InChI is InChI=1S/C20H38O2/c1-5-7-8-9-10-11-12-13-15-19(14-6-2)16-17-22-20(21)18(3)4/h19H,3,5-17H2,1-2,4H3. The van der Waals surface area contributed by atoms with Crippen LogP contribution in [0.1, 0.15) is 97.8 Å². The van der Waals surface area contributed by atoms with Crippen molar-refractivity contribution in [3.63, 3.8) is 0 Å². The average Bonchev–Trinajstić information content (AvgIpc) is 2.49. The topological polar surface area (TPSA) is 26.3 Å². The molecule has 0 aliphatic heterocycles. The van der Waals surface area contributed by atoms with E-state index >= 15 is 0 Å². The molecule has 0 aliphatic carbocycles. The van der Waals surface area contributed by atoms with Gasteiger partial charge in [-0.25, -0.2) is 4.79 Å². The predicted octanol–water partition coefficient (Wildman–Crippen LogP) is 6.44. The second kappa shape index (κ2) is 15.1. The third kappa shape index (κ3) is 12.9. The van der Waals surface area contributed by atoms with Crippen LogP contribution in [0.3, 0.4) is 0 Å². The molecule has 2 nitrogen and oxygen atoms in total. The zero-order valence-electron chi connectivity index (χ0n) is 15.3. The molecule has 2 heteroatoms. The molecule has 130 valence electrons. The van der Waals surface area contributed by atoms with Crippen molar-refractivity contribution in [3.8, 4) is 0 Å². The van der Waals surface area contributed by atoms with Gasteiger partial charge in [-0.1, -0.05) is 91.1 Å². The van der Waals surface area contributed by atoms with E-state index in [1.54, 1.807) is 6.92 Å². The highest BCUT2D eigenvalue weighted by Gasteiger charge is 2.10. The molecule has 0 bridgehead atoms. The molecule has 0 heterocycles. The van der Waals surface area contributed by atoms with Crippen molar-refractivity contribution < 1.29 is 9.53 Å². The second-order valence-electron chi connectivity index (χ2n) is 6.62.